The predicted octanol–water partition coefficient (Wildman–Crippen LogP) is 2.76. The molecule has 0 saturated carbocycles. The molecule has 1 amide bonds. The van der Waals surface area contributed by atoms with Crippen molar-refractivity contribution < 1.29 is 9.59 Å². The van der Waals surface area contributed by atoms with Crippen LogP contribution in [-0.2, 0) is 0 Å². The lowest BCUT2D eigenvalue weighted by molar-refractivity contribution is 0.0641. The Hall–Kier alpha value is -1.64. The van der Waals surface area contributed by atoms with Gasteiger partial charge in [-0.25, -0.2) is 0 Å². The Morgan fingerprint density at radius 1 is 1.12 bits per heavy atom. The zero-order valence-electron chi connectivity index (χ0n) is 10.8. The summed E-state index contributed by atoms with van der Waals surface area (Å²) in [4.78, 5) is 25.1. The van der Waals surface area contributed by atoms with Gasteiger partial charge in [0.05, 0.1) is 5.56 Å². The number of hydrogen-bond donors (Lipinski definition) is 0. The number of nitrogens with zero attached hydrogens (tertiary/aromatic N) is 1. The Morgan fingerprint density at radius 2 is 1.65 bits per heavy atom. The van der Waals surface area contributed by atoms with Crippen LogP contribution < -0.4 is 0 Å². The van der Waals surface area contributed by atoms with E-state index in [9.17, 15) is 9.59 Å². The third-order valence-corrected chi connectivity index (χ3v) is 2.67. The summed E-state index contributed by atoms with van der Waals surface area (Å²) in [7, 11) is 0. The molecule has 0 aliphatic rings. The van der Waals surface area contributed by atoms with Gasteiger partial charge in [-0.1, -0.05) is 18.2 Å². The summed E-state index contributed by atoms with van der Waals surface area (Å²) in [6.07, 6.45) is 0.728. The number of hydrogen-bond acceptors (Lipinski definition) is 2. The fraction of sp³-hybridized carbons (Fsp3) is 0.429. The maximum Gasteiger partial charge on any atom is 0.255 e. The van der Waals surface area contributed by atoms with Crippen molar-refractivity contribution in [2.45, 2.75) is 39.8 Å². The van der Waals surface area contributed by atoms with Gasteiger partial charge < -0.3 is 4.90 Å². The summed E-state index contributed by atoms with van der Waals surface area (Å²) in [6, 6.07) is 7.13. The molecule has 1 aromatic rings. The van der Waals surface area contributed by atoms with Gasteiger partial charge in [-0.05, 0) is 33.8 Å². The van der Waals surface area contributed by atoms with Gasteiger partial charge >= 0.3 is 0 Å². The van der Waals surface area contributed by atoms with Crippen LogP contribution in [0.25, 0.3) is 0 Å². The average Bonchev–Trinajstić information content (AvgIpc) is 2.27. The summed E-state index contributed by atoms with van der Waals surface area (Å²) in [6.45, 7) is 7.89. The number of amides is 1. The highest BCUT2D eigenvalue weighted by atomic mass is 16.2. The van der Waals surface area contributed by atoms with Crippen LogP contribution in [0.3, 0.4) is 0 Å². The summed E-state index contributed by atoms with van der Waals surface area (Å²) in [5, 5.41) is 0. The van der Waals surface area contributed by atoms with Crippen LogP contribution in [0.2, 0.25) is 0 Å². The normalized spacial score (nSPS) is 10.7. The standard InChI is InChI=1S/C14H19NO2/c1-10(2)15(11(3)4)14(17)13-8-6-5-7-12(13)9-16/h5-11H,1-4H3. The Bertz CT molecular complexity index is 402. The Labute approximate surface area is 102 Å². The molecular formula is C14H19NO2. The largest absolute Gasteiger partial charge is 0.334 e. The number of carbonyl (C=O) groups excluding carboxylic acids is 2. The van der Waals surface area contributed by atoms with Crippen molar-refractivity contribution in [3.05, 3.63) is 35.4 Å². The average molecular weight is 233 g/mol. The number of benzene rings is 1. The first-order valence-corrected chi connectivity index (χ1v) is 5.86. The van der Waals surface area contributed by atoms with Gasteiger partial charge in [0.1, 0.15) is 0 Å². The van der Waals surface area contributed by atoms with Gasteiger partial charge in [0, 0.05) is 17.6 Å². The Kier molecular flexibility index (Phi) is 4.44. The lowest BCUT2D eigenvalue weighted by Crippen LogP contribution is -2.42. The fourth-order valence-corrected chi connectivity index (χ4v) is 2.00. The van der Waals surface area contributed by atoms with E-state index in [0.717, 1.165) is 6.29 Å². The molecule has 1 aromatic carbocycles. The summed E-state index contributed by atoms with van der Waals surface area (Å²) in [5.41, 5.74) is 0.925. The van der Waals surface area contributed by atoms with Crippen LogP contribution in [0.4, 0.5) is 0 Å². The van der Waals surface area contributed by atoms with Gasteiger partial charge in [-0.15, -0.1) is 0 Å². The highest BCUT2D eigenvalue weighted by Gasteiger charge is 2.23. The third-order valence-electron chi connectivity index (χ3n) is 2.67. The molecule has 0 N–H and O–H groups in total. The SMILES string of the molecule is CC(C)N(C(=O)c1ccccc1C=O)C(C)C. The van der Waals surface area contributed by atoms with E-state index >= 15 is 0 Å². The molecule has 0 aliphatic heterocycles. The second-order valence-corrected chi connectivity index (χ2v) is 4.61. The van der Waals surface area contributed by atoms with E-state index in [4.69, 9.17) is 0 Å². The number of aldehydes is 1. The van der Waals surface area contributed by atoms with Crippen LogP contribution in [0, 0.1) is 0 Å². The van der Waals surface area contributed by atoms with Crippen LogP contribution >= 0.6 is 0 Å². The molecule has 0 saturated heterocycles. The molecule has 0 fully saturated rings. The second kappa shape index (κ2) is 5.62. The second-order valence-electron chi connectivity index (χ2n) is 4.61. The first kappa shape index (κ1) is 13.4. The number of carbonyl (C=O) groups is 2. The molecule has 3 nitrogen and oxygen atoms in total. The number of rotatable bonds is 4. The Morgan fingerprint density at radius 3 is 2.12 bits per heavy atom. The van der Waals surface area contributed by atoms with Crippen molar-refractivity contribution >= 4 is 12.2 Å². The third kappa shape index (κ3) is 2.93. The van der Waals surface area contributed by atoms with Crippen molar-refractivity contribution in [1.82, 2.24) is 4.90 Å². The molecule has 0 unspecified atom stereocenters. The first-order valence-electron chi connectivity index (χ1n) is 5.86. The maximum atomic E-state index is 12.4. The van der Waals surface area contributed by atoms with E-state index in [1.165, 1.54) is 0 Å². The van der Waals surface area contributed by atoms with Crippen LogP contribution in [0.15, 0.2) is 24.3 Å². The van der Waals surface area contributed by atoms with E-state index in [0.29, 0.717) is 11.1 Å². The molecule has 0 aromatic heterocycles. The van der Waals surface area contributed by atoms with Crippen LogP contribution in [0.1, 0.15) is 48.4 Å². The smallest absolute Gasteiger partial charge is 0.255 e. The topological polar surface area (TPSA) is 37.4 Å². The van der Waals surface area contributed by atoms with E-state index < -0.39 is 0 Å². The van der Waals surface area contributed by atoms with Gasteiger partial charge in [0.25, 0.3) is 5.91 Å². The summed E-state index contributed by atoms with van der Waals surface area (Å²) in [5.74, 6) is -0.0855. The van der Waals surface area contributed by atoms with Crippen molar-refractivity contribution in [3.8, 4) is 0 Å². The van der Waals surface area contributed by atoms with Gasteiger partial charge in [-0.2, -0.15) is 0 Å². The molecule has 0 spiro atoms. The molecule has 92 valence electrons. The molecule has 0 aliphatic carbocycles. The first-order chi connectivity index (χ1) is 7.99. The molecule has 1 rings (SSSR count). The van der Waals surface area contributed by atoms with Crippen LogP contribution in [-0.4, -0.2) is 29.2 Å². The Balaban J connectivity index is 3.14. The van der Waals surface area contributed by atoms with Crippen molar-refractivity contribution in [1.29, 1.82) is 0 Å². The maximum absolute atomic E-state index is 12.4. The van der Waals surface area contributed by atoms with Gasteiger partial charge in [-0.3, -0.25) is 9.59 Å². The van der Waals surface area contributed by atoms with Crippen molar-refractivity contribution in [2.24, 2.45) is 0 Å². The zero-order chi connectivity index (χ0) is 13.0. The van der Waals surface area contributed by atoms with E-state index in [1.807, 2.05) is 27.7 Å². The minimum atomic E-state index is -0.0855. The quantitative estimate of drug-likeness (QED) is 0.750. The van der Waals surface area contributed by atoms with E-state index in [1.54, 1.807) is 29.2 Å². The molecular weight excluding hydrogens is 214 g/mol. The van der Waals surface area contributed by atoms with Crippen molar-refractivity contribution in [2.75, 3.05) is 0 Å². The minimum Gasteiger partial charge on any atom is -0.334 e. The van der Waals surface area contributed by atoms with E-state index in [-0.39, 0.29) is 18.0 Å². The molecule has 0 atom stereocenters. The van der Waals surface area contributed by atoms with Crippen LogP contribution in [0.5, 0.6) is 0 Å². The van der Waals surface area contributed by atoms with E-state index in [2.05, 4.69) is 0 Å². The molecule has 3 heteroatoms. The minimum absolute atomic E-state index is 0.0855. The fourth-order valence-electron chi connectivity index (χ4n) is 2.00. The molecule has 0 radical (unpaired) electrons. The molecule has 17 heavy (non-hydrogen) atoms. The summed E-state index contributed by atoms with van der Waals surface area (Å²) >= 11 is 0. The summed E-state index contributed by atoms with van der Waals surface area (Å²) < 4.78 is 0. The molecule has 0 heterocycles. The van der Waals surface area contributed by atoms with Gasteiger partial charge in [0.2, 0.25) is 0 Å². The highest BCUT2D eigenvalue weighted by Crippen LogP contribution is 2.14. The lowest BCUT2D eigenvalue weighted by Gasteiger charge is -2.31. The lowest BCUT2D eigenvalue weighted by atomic mass is 10.1. The highest BCUT2D eigenvalue weighted by molar-refractivity contribution is 6.01. The van der Waals surface area contributed by atoms with Crippen molar-refractivity contribution in [3.63, 3.8) is 0 Å². The van der Waals surface area contributed by atoms with Gasteiger partial charge in [0.15, 0.2) is 6.29 Å². The zero-order valence-corrected chi connectivity index (χ0v) is 10.8. The monoisotopic (exact) mass is 233 g/mol. The predicted molar refractivity (Wildman–Crippen MR) is 68.3 cm³/mol. The molecule has 0 bridgehead atoms.